The van der Waals surface area contributed by atoms with Gasteiger partial charge in [0.2, 0.25) is 0 Å². The van der Waals surface area contributed by atoms with E-state index in [9.17, 15) is 5.11 Å². The highest BCUT2D eigenvalue weighted by molar-refractivity contribution is 14.1. The van der Waals surface area contributed by atoms with Crippen LogP contribution in [-0.4, -0.2) is 33.4 Å². The molecule has 1 fully saturated rings. The molecule has 0 saturated heterocycles. The minimum Gasteiger partial charge on any atom is -0.493 e. The van der Waals surface area contributed by atoms with E-state index >= 15 is 0 Å². The second kappa shape index (κ2) is 3.81. The average molecular weight is 345 g/mol. The van der Waals surface area contributed by atoms with Crippen LogP contribution < -0.4 is 4.74 Å². The van der Waals surface area contributed by atoms with E-state index in [4.69, 9.17) is 4.74 Å². The Morgan fingerprint density at radius 1 is 1.53 bits per heavy atom. The summed E-state index contributed by atoms with van der Waals surface area (Å²) in [6, 6.07) is 3.82. The van der Waals surface area contributed by atoms with E-state index in [0.29, 0.717) is 11.4 Å². The number of nitrogens with zero attached hydrogens (tertiary/aromatic N) is 3. The molecule has 0 spiro atoms. The number of aromatic nitrogens is 3. The van der Waals surface area contributed by atoms with E-state index in [1.165, 1.54) is 0 Å². The molecule has 2 heterocycles. The van der Waals surface area contributed by atoms with Gasteiger partial charge in [0.1, 0.15) is 3.70 Å². The third kappa shape index (κ3) is 1.61. The molecule has 0 amide bonds. The van der Waals surface area contributed by atoms with Crippen molar-refractivity contribution in [2.24, 2.45) is 0 Å². The highest BCUT2D eigenvalue weighted by Crippen LogP contribution is 2.46. The van der Waals surface area contributed by atoms with Crippen molar-refractivity contribution in [3.63, 3.8) is 0 Å². The van der Waals surface area contributed by atoms with Gasteiger partial charge < -0.3 is 9.84 Å². The van der Waals surface area contributed by atoms with Crippen molar-refractivity contribution >= 4 is 28.2 Å². The number of fused-ring (bicyclic) bond motifs is 1. The number of hydrogen-bond acceptors (Lipinski definition) is 4. The molecule has 17 heavy (non-hydrogen) atoms. The van der Waals surface area contributed by atoms with Gasteiger partial charge in [0.05, 0.1) is 19.1 Å². The summed E-state index contributed by atoms with van der Waals surface area (Å²) in [5, 5.41) is 13.9. The summed E-state index contributed by atoms with van der Waals surface area (Å²) in [6.07, 6.45) is 1.92. The Bertz CT molecular complexity index is 577. The lowest BCUT2D eigenvalue weighted by Crippen LogP contribution is -2.14. The molecule has 0 aromatic carbocycles. The van der Waals surface area contributed by atoms with Crippen LogP contribution in [0.15, 0.2) is 12.1 Å². The van der Waals surface area contributed by atoms with E-state index in [1.807, 2.05) is 12.1 Å². The van der Waals surface area contributed by atoms with Crippen molar-refractivity contribution in [1.29, 1.82) is 0 Å². The fourth-order valence-electron chi connectivity index (χ4n) is 1.90. The summed E-state index contributed by atoms with van der Waals surface area (Å²) < 4.78 is 8.02. The smallest absolute Gasteiger partial charge is 0.199 e. The van der Waals surface area contributed by atoms with Crippen molar-refractivity contribution in [2.45, 2.75) is 18.3 Å². The van der Waals surface area contributed by atoms with E-state index in [0.717, 1.165) is 22.4 Å². The van der Waals surface area contributed by atoms with Gasteiger partial charge in [-0.05, 0) is 47.6 Å². The van der Waals surface area contributed by atoms with E-state index in [-0.39, 0.29) is 12.0 Å². The molecule has 0 radical (unpaired) electrons. The number of halogens is 1. The van der Waals surface area contributed by atoms with Crippen molar-refractivity contribution in [1.82, 2.24) is 14.6 Å². The van der Waals surface area contributed by atoms with E-state index in [2.05, 4.69) is 32.7 Å². The standard InChI is InChI=1S/C11H12IN3O2/c1-17-7-2-3-8(12)15-9(7)13-10(14-15)11(6-16)4-5-11/h2-3,16H,4-6H2,1H3. The number of pyridine rings is 1. The molecule has 2 aromatic rings. The summed E-state index contributed by atoms with van der Waals surface area (Å²) in [7, 11) is 1.62. The monoisotopic (exact) mass is 345 g/mol. The van der Waals surface area contributed by atoms with Gasteiger partial charge in [-0.2, -0.15) is 0 Å². The maximum absolute atomic E-state index is 9.41. The van der Waals surface area contributed by atoms with Crippen molar-refractivity contribution in [2.75, 3.05) is 13.7 Å². The zero-order valence-electron chi connectivity index (χ0n) is 9.35. The number of hydrogen-bond donors (Lipinski definition) is 1. The molecule has 3 rings (SSSR count). The second-order valence-electron chi connectivity index (χ2n) is 4.33. The van der Waals surface area contributed by atoms with Gasteiger partial charge in [0.25, 0.3) is 0 Å². The molecule has 6 heteroatoms. The average Bonchev–Trinajstić information content (AvgIpc) is 3.02. The van der Waals surface area contributed by atoms with Crippen LogP contribution in [0.25, 0.3) is 5.65 Å². The fraction of sp³-hybridized carbons (Fsp3) is 0.455. The van der Waals surface area contributed by atoms with Crippen LogP contribution in [0.3, 0.4) is 0 Å². The SMILES string of the molecule is COc1ccc(I)n2nc(C3(CO)CC3)nc12. The lowest BCUT2D eigenvalue weighted by Gasteiger charge is -2.03. The first-order valence-electron chi connectivity index (χ1n) is 5.41. The molecule has 1 saturated carbocycles. The molecule has 0 bridgehead atoms. The fourth-order valence-corrected chi connectivity index (χ4v) is 2.41. The Morgan fingerprint density at radius 2 is 2.29 bits per heavy atom. The van der Waals surface area contributed by atoms with Crippen LogP contribution in [0.2, 0.25) is 0 Å². The number of rotatable bonds is 3. The maximum atomic E-state index is 9.41. The molecule has 2 aromatic heterocycles. The van der Waals surface area contributed by atoms with Crippen LogP contribution in [-0.2, 0) is 5.41 Å². The van der Waals surface area contributed by atoms with Gasteiger partial charge in [0, 0.05) is 0 Å². The highest BCUT2D eigenvalue weighted by Gasteiger charge is 2.47. The Kier molecular flexibility index (Phi) is 2.51. The van der Waals surface area contributed by atoms with Gasteiger partial charge in [-0.15, -0.1) is 5.10 Å². The zero-order valence-corrected chi connectivity index (χ0v) is 11.5. The highest BCUT2D eigenvalue weighted by atomic mass is 127. The quantitative estimate of drug-likeness (QED) is 0.674. The van der Waals surface area contributed by atoms with Crippen LogP contribution in [0.1, 0.15) is 18.7 Å². The predicted molar refractivity (Wildman–Crippen MR) is 70.3 cm³/mol. The normalized spacial score (nSPS) is 17.4. The Labute approximate surface area is 112 Å². The first kappa shape index (κ1) is 11.2. The topological polar surface area (TPSA) is 59.7 Å². The van der Waals surface area contributed by atoms with Gasteiger partial charge in [-0.25, -0.2) is 9.50 Å². The largest absolute Gasteiger partial charge is 0.493 e. The Hall–Kier alpha value is -0.890. The second-order valence-corrected chi connectivity index (χ2v) is 5.44. The lowest BCUT2D eigenvalue weighted by molar-refractivity contribution is 0.250. The molecular formula is C11H12IN3O2. The minimum absolute atomic E-state index is 0.114. The molecule has 1 N–H and O–H groups in total. The van der Waals surface area contributed by atoms with Crippen molar-refractivity contribution in [3.8, 4) is 5.75 Å². The first-order valence-corrected chi connectivity index (χ1v) is 6.49. The summed E-state index contributed by atoms with van der Waals surface area (Å²) in [6.45, 7) is 0.114. The molecule has 0 atom stereocenters. The van der Waals surface area contributed by atoms with Crippen molar-refractivity contribution in [3.05, 3.63) is 21.7 Å². The van der Waals surface area contributed by atoms with Crippen LogP contribution in [0, 0.1) is 3.70 Å². The molecule has 1 aliphatic rings. The molecule has 90 valence electrons. The van der Waals surface area contributed by atoms with Crippen LogP contribution in [0.4, 0.5) is 0 Å². The third-order valence-corrected chi connectivity index (χ3v) is 4.07. The molecule has 0 aliphatic heterocycles. The lowest BCUT2D eigenvalue weighted by atomic mass is 10.1. The Morgan fingerprint density at radius 3 is 2.88 bits per heavy atom. The molecule has 5 nitrogen and oxygen atoms in total. The predicted octanol–water partition coefficient (Wildman–Crippen LogP) is 1.37. The zero-order chi connectivity index (χ0) is 12.0. The number of methoxy groups -OCH3 is 1. The third-order valence-electron chi connectivity index (χ3n) is 3.25. The molecular weight excluding hydrogens is 333 g/mol. The number of aliphatic hydroxyl groups is 1. The van der Waals surface area contributed by atoms with Gasteiger partial charge in [-0.3, -0.25) is 0 Å². The maximum Gasteiger partial charge on any atom is 0.199 e. The summed E-state index contributed by atoms with van der Waals surface area (Å²) >= 11 is 2.21. The van der Waals surface area contributed by atoms with Gasteiger partial charge >= 0.3 is 0 Å². The number of ether oxygens (including phenoxy) is 1. The summed E-state index contributed by atoms with van der Waals surface area (Å²) in [5.41, 5.74) is 0.509. The minimum atomic E-state index is -0.208. The summed E-state index contributed by atoms with van der Waals surface area (Å²) in [4.78, 5) is 4.51. The Balaban J connectivity index is 2.21. The molecule has 1 aliphatic carbocycles. The van der Waals surface area contributed by atoms with E-state index in [1.54, 1.807) is 11.6 Å². The van der Waals surface area contributed by atoms with Crippen LogP contribution in [0.5, 0.6) is 5.75 Å². The van der Waals surface area contributed by atoms with Gasteiger partial charge in [0.15, 0.2) is 17.2 Å². The number of aliphatic hydroxyl groups excluding tert-OH is 1. The van der Waals surface area contributed by atoms with Crippen LogP contribution >= 0.6 is 22.6 Å². The molecule has 0 unspecified atom stereocenters. The summed E-state index contributed by atoms with van der Waals surface area (Å²) in [5.74, 6) is 1.43. The van der Waals surface area contributed by atoms with E-state index < -0.39 is 0 Å². The first-order chi connectivity index (χ1) is 8.20. The van der Waals surface area contributed by atoms with Crippen molar-refractivity contribution < 1.29 is 9.84 Å². The van der Waals surface area contributed by atoms with Gasteiger partial charge in [-0.1, -0.05) is 0 Å².